The SMILES string of the molecule is CCCNC(CCc1cccc([N+](=O)[O-])c1F)C1CC1. The molecule has 1 aliphatic carbocycles. The Morgan fingerprint density at radius 1 is 1.50 bits per heavy atom. The van der Waals surface area contributed by atoms with Gasteiger partial charge in [0.2, 0.25) is 5.82 Å². The zero-order chi connectivity index (χ0) is 14.5. The van der Waals surface area contributed by atoms with Crippen LogP contribution >= 0.6 is 0 Å². The first-order chi connectivity index (χ1) is 9.63. The van der Waals surface area contributed by atoms with E-state index in [1.807, 2.05) is 0 Å². The maximum atomic E-state index is 14.0. The number of benzene rings is 1. The second-order valence-electron chi connectivity index (χ2n) is 5.44. The van der Waals surface area contributed by atoms with E-state index in [9.17, 15) is 14.5 Å². The molecule has 4 nitrogen and oxygen atoms in total. The number of aryl methyl sites for hydroxylation is 1. The van der Waals surface area contributed by atoms with Crippen LogP contribution in [0.4, 0.5) is 10.1 Å². The number of halogens is 1. The third-order valence-corrected chi connectivity index (χ3v) is 3.83. The summed E-state index contributed by atoms with van der Waals surface area (Å²) >= 11 is 0. The minimum atomic E-state index is -0.678. The zero-order valence-electron chi connectivity index (χ0n) is 11.8. The Kier molecular flexibility index (Phi) is 5.06. The first-order valence-corrected chi connectivity index (χ1v) is 7.28. The quantitative estimate of drug-likeness (QED) is 0.586. The second kappa shape index (κ2) is 6.79. The number of hydrogen-bond acceptors (Lipinski definition) is 3. The molecule has 1 N–H and O–H groups in total. The molecular weight excluding hydrogens is 259 g/mol. The van der Waals surface area contributed by atoms with Crippen LogP contribution in [0.3, 0.4) is 0 Å². The van der Waals surface area contributed by atoms with Crippen LogP contribution in [-0.4, -0.2) is 17.5 Å². The van der Waals surface area contributed by atoms with Crippen LogP contribution in [0.5, 0.6) is 0 Å². The average Bonchev–Trinajstić information content (AvgIpc) is 3.24. The van der Waals surface area contributed by atoms with Gasteiger partial charge >= 0.3 is 5.69 Å². The van der Waals surface area contributed by atoms with Crippen LogP contribution in [0.25, 0.3) is 0 Å². The van der Waals surface area contributed by atoms with Crippen LogP contribution in [0, 0.1) is 21.8 Å². The van der Waals surface area contributed by atoms with Crippen molar-refractivity contribution in [2.45, 2.75) is 45.1 Å². The largest absolute Gasteiger partial charge is 0.314 e. The summed E-state index contributed by atoms with van der Waals surface area (Å²) in [6, 6.07) is 4.83. The van der Waals surface area contributed by atoms with E-state index in [-0.39, 0.29) is 0 Å². The van der Waals surface area contributed by atoms with Gasteiger partial charge in [0.25, 0.3) is 0 Å². The van der Waals surface area contributed by atoms with E-state index in [1.54, 1.807) is 12.1 Å². The highest BCUT2D eigenvalue weighted by molar-refractivity contribution is 5.36. The summed E-state index contributed by atoms with van der Waals surface area (Å²) in [6.07, 6.45) is 4.93. The number of nitrogens with zero attached hydrogens (tertiary/aromatic N) is 1. The van der Waals surface area contributed by atoms with E-state index < -0.39 is 16.4 Å². The molecule has 0 spiro atoms. The number of hydrogen-bond donors (Lipinski definition) is 1. The molecular formula is C15H21FN2O2. The molecule has 0 amide bonds. The molecule has 1 atom stereocenters. The van der Waals surface area contributed by atoms with Crippen molar-refractivity contribution < 1.29 is 9.31 Å². The summed E-state index contributed by atoms with van der Waals surface area (Å²) in [5.41, 5.74) is 0.0233. The van der Waals surface area contributed by atoms with Crippen molar-refractivity contribution in [3.05, 3.63) is 39.7 Å². The Labute approximate surface area is 118 Å². The van der Waals surface area contributed by atoms with Gasteiger partial charge in [-0.2, -0.15) is 4.39 Å². The van der Waals surface area contributed by atoms with Crippen molar-refractivity contribution in [2.24, 2.45) is 5.92 Å². The lowest BCUT2D eigenvalue weighted by Crippen LogP contribution is -2.32. The molecule has 1 aromatic carbocycles. The van der Waals surface area contributed by atoms with Crippen molar-refractivity contribution in [1.82, 2.24) is 5.32 Å². The summed E-state index contributed by atoms with van der Waals surface area (Å²) < 4.78 is 14.0. The summed E-state index contributed by atoms with van der Waals surface area (Å²) in [5, 5.41) is 14.2. The predicted molar refractivity (Wildman–Crippen MR) is 76.2 cm³/mol. The van der Waals surface area contributed by atoms with Crippen LogP contribution in [0.2, 0.25) is 0 Å². The number of nitro groups is 1. The van der Waals surface area contributed by atoms with E-state index in [4.69, 9.17) is 0 Å². The molecule has 0 bridgehead atoms. The van der Waals surface area contributed by atoms with E-state index >= 15 is 0 Å². The molecule has 1 fully saturated rings. The minimum Gasteiger partial charge on any atom is -0.314 e. The first kappa shape index (κ1) is 14.9. The van der Waals surface area contributed by atoms with Crippen LogP contribution < -0.4 is 5.32 Å². The minimum absolute atomic E-state index is 0.411. The highest BCUT2D eigenvalue weighted by Gasteiger charge is 2.30. The highest BCUT2D eigenvalue weighted by atomic mass is 19.1. The van der Waals surface area contributed by atoms with Crippen LogP contribution in [0.15, 0.2) is 18.2 Å². The fourth-order valence-corrected chi connectivity index (χ4v) is 2.54. The number of rotatable bonds is 8. The van der Waals surface area contributed by atoms with Crippen molar-refractivity contribution in [2.75, 3.05) is 6.54 Å². The van der Waals surface area contributed by atoms with Gasteiger partial charge in [-0.3, -0.25) is 10.1 Å². The van der Waals surface area contributed by atoms with Crippen molar-refractivity contribution in [3.63, 3.8) is 0 Å². The molecule has 20 heavy (non-hydrogen) atoms. The topological polar surface area (TPSA) is 55.2 Å². The molecule has 0 aliphatic heterocycles. The van der Waals surface area contributed by atoms with E-state index in [0.29, 0.717) is 23.9 Å². The lowest BCUT2D eigenvalue weighted by atomic mass is 10.0. The molecule has 0 aromatic heterocycles. The molecule has 0 heterocycles. The molecule has 1 unspecified atom stereocenters. The van der Waals surface area contributed by atoms with Gasteiger partial charge in [-0.25, -0.2) is 0 Å². The summed E-state index contributed by atoms with van der Waals surface area (Å²) in [5.74, 6) is 0.0193. The lowest BCUT2D eigenvalue weighted by Gasteiger charge is -2.18. The van der Waals surface area contributed by atoms with E-state index in [1.165, 1.54) is 18.9 Å². The van der Waals surface area contributed by atoms with Crippen molar-refractivity contribution in [1.29, 1.82) is 0 Å². The third kappa shape index (κ3) is 3.76. The van der Waals surface area contributed by atoms with Gasteiger partial charge in [-0.15, -0.1) is 0 Å². The van der Waals surface area contributed by atoms with E-state index in [0.717, 1.165) is 19.4 Å². The van der Waals surface area contributed by atoms with Crippen LogP contribution in [-0.2, 0) is 6.42 Å². The van der Waals surface area contributed by atoms with Gasteiger partial charge in [-0.05, 0) is 50.1 Å². The van der Waals surface area contributed by atoms with Crippen molar-refractivity contribution >= 4 is 5.69 Å². The average molecular weight is 280 g/mol. The molecule has 0 radical (unpaired) electrons. The lowest BCUT2D eigenvalue weighted by molar-refractivity contribution is -0.387. The molecule has 1 aliphatic rings. The molecule has 5 heteroatoms. The predicted octanol–water partition coefficient (Wildman–Crippen LogP) is 3.44. The Balaban J connectivity index is 1.98. The second-order valence-corrected chi connectivity index (χ2v) is 5.44. The molecule has 1 aromatic rings. The Bertz CT molecular complexity index is 475. The van der Waals surface area contributed by atoms with Gasteiger partial charge in [-0.1, -0.05) is 19.1 Å². The maximum Gasteiger partial charge on any atom is 0.305 e. The Morgan fingerprint density at radius 3 is 2.85 bits per heavy atom. The van der Waals surface area contributed by atoms with Gasteiger partial charge in [0.15, 0.2) is 0 Å². The normalized spacial score (nSPS) is 16.1. The molecule has 110 valence electrons. The molecule has 2 rings (SSSR count). The standard InChI is InChI=1S/C15H21FN2O2/c1-2-10-17-13(11-6-7-11)9-8-12-4-3-5-14(15(12)16)18(19)20/h3-5,11,13,17H,2,6-10H2,1H3. The Morgan fingerprint density at radius 2 is 2.25 bits per heavy atom. The van der Waals surface area contributed by atoms with Crippen molar-refractivity contribution in [3.8, 4) is 0 Å². The highest BCUT2D eigenvalue weighted by Crippen LogP contribution is 2.35. The summed E-state index contributed by atoms with van der Waals surface area (Å²) in [7, 11) is 0. The monoisotopic (exact) mass is 280 g/mol. The van der Waals surface area contributed by atoms with Gasteiger partial charge in [0.1, 0.15) is 0 Å². The third-order valence-electron chi connectivity index (χ3n) is 3.83. The maximum absolute atomic E-state index is 14.0. The first-order valence-electron chi connectivity index (χ1n) is 7.28. The number of nitrogens with one attached hydrogen (secondary N) is 1. The Hall–Kier alpha value is -1.49. The van der Waals surface area contributed by atoms with Gasteiger partial charge in [0.05, 0.1) is 4.92 Å². The fourth-order valence-electron chi connectivity index (χ4n) is 2.54. The number of nitro benzene ring substituents is 1. The zero-order valence-corrected chi connectivity index (χ0v) is 11.8. The molecule has 0 saturated heterocycles. The van der Waals surface area contributed by atoms with Crippen LogP contribution in [0.1, 0.15) is 38.2 Å². The van der Waals surface area contributed by atoms with Gasteiger partial charge < -0.3 is 5.32 Å². The fraction of sp³-hybridized carbons (Fsp3) is 0.600. The van der Waals surface area contributed by atoms with Gasteiger partial charge in [0, 0.05) is 12.1 Å². The summed E-state index contributed by atoms with van der Waals surface area (Å²) in [4.78, 5) is 10.1. The summed E-state index contributed by atoms with van der Waals surface area (Å²) in [6.45, 7) is 3.09. The van der Waals surface area contributed by atoms with E-state index in [2.05, 4.69) is 12.2 Å². The molecule has 1 saturated carbocycles. The smallest absolute Gasteiger partial charge is 0.305 e.